The van der Waals surface area contributed by atoms with Crippen LogP contribution in [-0.4, -0.2) is 31.3 Å². The molecule has 0 radical (unpaired) electrons. The number of fused-ring (bicyclic) bond motifs is 1. The van der Waals surface area contributed by atoms with Gasteiger partial charge in [-0.25, -0.2) is 14.1 Å². The van der Waals surface area contributed by atoms with Crippen LogP contribution < -0.4 is 10.9 Å². The average Bonchev–Trinajstić information content (AvgIpc) is 3.28. The Morgan fingerprint density at radius 1 is 1.23 bits per heavy atom. The summed E-state index contributed by atoms with van der Waals surface area (Å²) in [5.41, 5.74) is 0.643. The number of aromatic nitrogens is 4. The number of hydrogen-bond donors (Lipinski definition) is 1. The molecule has 1 aliphatic carbocycles. The molecular weight excluding hydrogens is 337 g/mol. The molecule has 7 nitrogen and oxygen atoms in total. The molecule has 8 heteroatoms. The van der Waals surface area contributed by atoms with Gasteiger partial charge in [0.25, 0.3) is 5.56 Å². The van der Waals surface area contributed by atoms with Gasteiger partial charge in [-0.2, -0.15) is 5.10 Å². The Morgan fingerprint density at radius 2 is 1.96 bits per heavy atom. The van der Waals surface area contributed by atoms with E-state index in [4.69, 9.17) is 0 Å². The minimum Gasteiger partial charge on any atom is -0.352 e. The third-order valence-electron chi connectivity index (χ3n) is 4.66. The van der Waals surface area contributed by atoms with E-state index < -0.39 is 0 Å². The van der Waals surface area contributed by atoms with E-state index in [2.05, 4.69) is 15.4 Å². The molecule has 0 unspecified atom stereocenters. The van der Waals surface area contributed by atoms with Gasteiger partial charge in [0, 0.05) is 6.04 Å². The Balaban J connectivity index is 1.60. The van der Waals surface area contributed by atoms with E-state index in [0.717, 1.165) is 25.7 Å². The van der Waals surface area contributed by atoms with Crippen LogP contribution >= 0.6 is 0 Å². The first-order chi connectivity index (χ1) is 12.6. The summed E-state index contributed by atoms with van der Waals surface area (Å²) < 4.78 is 15.8. The zero-order valence-electron chi connectivity index (χ0n) is 14.1. The molecule has 0 saturated heterocycles. The normalized spacial score (nSPS) is 14.8. The first kappa shape index (κ1) is 16.4. The number of carbonyl (C=O) groups is 1. The summed E-state index contributed by atoms with van der Waals surface area (Å²) in [6.07, 6.45) is 6.99. The van der Waals surface area contributed by atoms with Gasteiger partial charge < -0.3 is 5.32 Å². The molecule has 0 aliphatic heterocycles. The molecule has 0 spiro atoms. The van der Waals surface area contributed by atoms with E-state index in [0.29, 0.717) is 16.7 Å². The van der Waals surface area contributed by atoms with Crippen molar-refractivity contribution in [2.75, 3.05) is 0 Å². The fourth-order valence-corrected chi connectivity index (χ4v) is 3.33. The summed E-state index contributed by atoms with van der Waals surface area (Å²) in [7, 11) is 0. The molecular formula is C18H18FN5O2. The topological polar surface area (TPSA) is 81.8 Å². The molecule has 26 heavy (non-hydrogen) atoms. The fraction of sp³-hybridized carbons (Fsp3) is 0.333. The van der Waals surface area contributed by atoms with Gasteiger partial charge >= 0.3 is 0 Å². The quantitative estimate of drug-likeness (QED) is 0.773. The SMILES string of the molecule is O=C(Cn1cnc2c(cnn2-c2ccc(F)cc2)c1=O)NC1CCCC1. The van der Waals surface area contributed by atoms with Crippen LogP contribution in [0.15, 0.2) is 41.6 Å². The third-order valence-corrected chi connectivity index (χ3v) is 4.66. The molecule has 1 N–H and O–H groups in total. The Labute approximate surface area is 148 Å². The van der Waals surface area contributed by atoms with Crippen LogP contribution in [0.2, 0.25) is 0 Å². The molecule has 4 rings (SSSR count). The van der Waals surface area contributed by atoms with Gasteiger partial charge in [0.2, 0.25) is 5.91 Å². The van der Waals surface area contributed by atoms with Crippen molar-refractivity contribution in [2.24, 2.45) is 0 Å². The molecule has 1 saturated carbocycles. The van der Waals surface area contributed by atoms with E-state index in [-0.39, 0.29) is 29.9 Å². The zero-order valence-corrected chi connectivity index (χ0v) is 14.1. The fourth-order valence-electron chi connectivity index (χ4n) is 3.33. The molecule has 2 heterocycles. The molecule has 0 bridgehead atoms. The van der Waals surface area contributed by atoms with Crippen molar-refractivity contribution in [3.8, 4) is 5.69 Å². The summed E-state index contributed by atoms with van der Waals surface area (Å²) in [4.78, 5) is 29.1. The number of nitrogens with zero attached hydrogens (tertiary/aromatic N) is 4. The summed E-state index contributed by atoms with van der Waals surface area (Å²) in [5, 5.41) is 7.44. The van der Waals surface area contributed by atoms with Crippen LogP contribution in [0.3, 0.4) is 0 Å². The van der Waals surface area contributed by atoms with E-state index in [1.807, 2.05) is 0 Å². The highest BCUT2D eigenvalue weighted by Gasteiger charge is 2.18. The molecule has 0 atom stereocenters. The average molecular weight is 355 g/mol. The van der Waals surface area contributed by atoms with Crippen molar-refractivity contribution in [1.29, 1.82) is 0 Å². The van der Waals surface area contributed by atoms with Crippen LogP contribution in [0, 0.1) is 5.82 Å². The zero-order chi connectivity index (χ0) is 18.1. The number of nitrogens with one attached hydrogen (secondary N) is 1. The Hall–Kier alpha value is -3.03. The predicted octanol–water partition coefficient (Wildman–Crippen LogP) is 1.78. The largest absolute Gasteiger partial charge is 0.352 e. The number of carbonyl (C=O) groups excluding carboxylic acids is 1. The maximum Gasteiger partial charge on any atom is 0.264 e. The number of halogens is 1. The van der Waals surface area contributed by atoms with Crippen LogP contribution in [0.4, 0.5) is 4.39 Å². The number of hydrogen-bond acceptors (Lipinski definition) is 4. The van der Waals surface area contributed by atoms with Gasteiger partial charge in [-0.3, -0.25) is 14.2 Å². The van der Waals surface area contributed by atoms with Crippen molar-refractivity contribution < 1.29 is 9.18 Å². The van der Waals surface area contributed by atoms with E-state index >= 15 is 0 Å². The minimum atomic E-state index is -0.353. The van der Waals surface area contributed by atoms with Crippen LogP contribution in [-0.2, 0) is 11.3 Å². The van der Waals surface area contributed by atoms with Crippen LogP contribution in [0.5, 0.6) is 0 Å². The van der Waals surface area contributed by atoms with Gasteiger partial charge in [0.15, 0.2) is 5.65 Å². The smallest absolute Gasteiger partial charge is 0.264 e. The van der Waals surface area contributed by atoms with Gasteiger partial charge in [-0.15, -0.1) is 0 Å². The maximum atomic E-state index is 13.1. The summed E-state index contributed by atoms with van der Waals surface area (Å²) >= 11 is 0. The first-order valence-corrected chi connectivity index (χ1v) is 8.60. The molecule has 134 valence electrons. The van der Waals surface area contributed by atoms with Gasteiger partial charge in [0.1, 0.15) is 24.1 Å². The lowest BCUT2D eigenvalue weighted by atomic mass is 10.2. The minimum absolute atomic E-state index is 0.0694. The number of rotatable bonds is 4. The Morgan fingerprint density at radius 3 is 2.69 bits per heavy atom. The standard InChI is InChI=1S/C18H18FN5O2/c19-12-5-7-14(8-6-12)24-17-15(9-21-24)18(26)23(11-20-17)10-16(25)22-13-3-1-2-4-13/h5-9,11,13H,1-4,10H2,(H,22,25). The third kappa shape index (κ3) is 3.10. The van der Waals surface area contributed by atoms with Gasteiger partial charge in [-0.1, -0.05) is 12.8 Å². The van der Waals surface area contributed by atoms with E-state index in [1.165, 1.54) is 33.9 Å². The lowest BCUT2D eigenvalue weighted by molar-refractivity contribution is -0.122. The molecule has 1 aromatic carbocycles. The van der Waals surface area contributed by atoms with E-state index in [1.54, 1.807) is 12.1 Å². The number of amides is 1. The van der Waals surface area contributed by atoms with Gasteiger partial charge in [0.05, 0.1) is 11.9 Å². The lowest BCUT2D eigenvalue weighted by Gasteiger charge is -2.12. The molecule has 2 aromatic heterocycles. The second-order valence-corrected chi connectivity index (χ2v) is 6.50. The highest BCUT2D eigenvalue weighted by Crippen LogP contribution is 2.17. The number of benzene rings is 1. The lowest BCUT2D eigenvalue weighted by Crippen LogP contribution is -2.37. The highest BCUT2D eigenvalue weighted by atomic mass is 19.1. The molecule has 3 aromatic rings. The predicted molar refractivity (Wildman–Crippen MR) is 93.5 cm³/mol. The second-order valence-electron chi connectivity index (χ2n) is 6.50. The second kappa shape index (κ2) is 6.70. The van der Waals surface area contributed by atoms with E-state index in [9.17, 15) is 14.0 Å². The van der Waals surface area contributed by atoms with Crippen molar-refractivity contribution in [3.63, 3.8) is 0 Å². The van der Waals surface area contributed by atoms with Crippen molar-refractivity contribution >= 4 is 16.9 Å². The van der Waals surface area contributed by atoms with Crippen LogP contribution in [0.25, 0.3) is 16.7 Å². The molecule has 1 amide bonds. The van der Waals surface area contributed by atoms with Crippen LogP contribution in [0.1, 0.15) is 25.7 Å². The Kier molecular flexibility index (Phi) is 4.24. The maximum absolute atomic E-state index is 13.1. The summed E-state index contributed by atoms with van der Waals surface area (Å²) in [6.45, 7) is -0.0694. The molecule has 1 fully saturated rings. The highest BCUT2D eigenvalue weighted by molar-refractivity contribution is 5.78. The van der Waals surface area contributed by atoms with Crippen molar-refractivity contribution in [3.05, 3.63) is 53.0 Å². The van der Waals surface area contributed by atoms with Gasteiger partial charge in [-0.05, 0) is 37.1 Å². The first-order valence-electron chi connectivity index (χ1n) is 8.60. The summed E-state index contributed by atoms with van der Waals surface area (Å²) in [5.74, 6) is -0.542. The summed E-state index contributed by atoms with van der Waals surface area (Å²) in [6, 6.07) is 5.96. The Bertz CT molecular complexity index is 1000. The monoisotopic (exact) mass is 355 g/mol. The molecule has 1 aliphatic rings. The van der Waals surface area contributed by atoms with Crippen molar-refractivity contribution in [2.45, 2.75) is 38.3 Å². The van der Waals surface area contributed by atoms with Crippen molar-refractivity contribution in [1.82, 2.24) is 24.6 Å².